The van der Waals surface area contributed by atoms with Crippen LogP contribution in [-0.4, -0.2) is 25.1 Å². The van der Waals surface area contributed by atoms with Crippen LogP contribution in [-0.2, 0) is 14.3 Å². The highest BCUT2D eigenvalue weighted by atomic mass is 16.5. The average Bonchev–Trinajstić information content (AvgIpc) is 2.78. The fourth-order valence-electron chi connectivity index (χ4n) is 1.57. The molecule has 1 fully saturated rings. The molecule has 0 bridgehead atoms. The zero-order valence-electron chi connectivity index (χ0n) is 10.9. The van der Waals surface area contributed by atoms with Gasteiger partial charge in [-0.1, -0.05) is 19.9 Å². The van der Waals surface area contributed by atoms with Crippen LogP contribution >= 0.6 is 0 Å². The van der Waals surface area contributed by atoms with Gasteiger partial charge in [0.05, 0.1) is 6.10 Å². The lowest BCUT2D eigenvalue weighted by atomic mass is 10.1. The summed E-state index contributed by atoms with van der Waals surface area (Å²) in [6.45, 7) is 7.02. The summed E-state index contributed by atoms with van der Waals surface area (Å²) in [6.07, 6.45) is 7.57. The Hall–Kier alpha value is -1.09. The van der Waals surface area contributed by atoms with Crippen molar-refractivity contribution in [2.75, 3.05) is 13.2 Å². The van der Waals surface area contributed by atoms with Gasteiger partial charge in [0.15, 0.2) is 5.78 Å². The maximum atomic E-state index is 11.6. The monoisotopic (exact) mass is 238 g/mol. The van der Waals surface area contributed by atoms with Crippen LogP contribution in [0.4, 0.5) is 0 Å². The highest BCUT2D eigenvalue weighted by Gasteiger charge is 2.16. The number of ketones is 1. The first-order valence-electron chi connectivity index (χ1n) is 6.26. The van der Waals surface area contributed by atoms with Crippen molar-refractivity contribution >= 4 is 5.78 Å². The molecule has 3 heteroatoms. The molecular weight excluding hydrogens is 216 g/mol. The second-order valence-electron chi connectivity index (χ2n) is 4.55. The Labute approximate surface area is 103 Å². The summed E-state index contributed by atoms with van der Waals surface area (Å²) in [4.78, 5) is 11.6. The van der Waals surface area contributed by atoms with E-state index in [1.54, 1.807) is 6.08 Å². The zero-order valence-corrected chi connectivity index (χ0v) is 10.9. The number of hydrogen-bond acceptors (Lipinski definition) is 3. The second kappa shape index (κ2) is 7.28. The fourth-order valence-corrected chi connectivity index (χ4v) is 1.57. The number of ether oxygens (including phenoxy) is 2. The van der Waals surface area contributed by atoms with Gasteiger partial charge in [0.25, 0.3) is 0 Å². The molecule has 1 unspecified atom stereocenters. The molecule has 1 aliphatic heterocycles. The number of carbonyl (C=O) groups is 1. The predicted molar refractivity (Wildman–Crippen MR) is 67.7 cm³/mol. The van der Waals surface area contributed by atoms with E-state index >= 15 is 0 Å². The highest BCUT2D eigenvalue weighted by Crippen LogP contribution is 2.14. The topological polar surface area (TPSA) is 35.5 Å². The third-order valence-corrected chi connectivity index (χ3v) is 2.64. The first-order chi connectivity index (χ1) is 8.13. The van der Waals surface area contributed by atoms with Gasteiger partial charge in [-0.3, -0.25) is 4.79 Å². The molecule has 0 aromatic heterocycles. The number of rotatable bonds is 6. The molecule has 1 aliphatic rings. The van der Waals surface area contributed by atoms with Crippen LogP contribution in [0.1, 0.15) is 33.6 Å². The SMILES string of the molecule is C/C=C\C(=C/C(=O)C(C)C)OCC1CCCO1. The van der Waals surface area contributed by atoms with Crippen LogP contribution in [0, 0.1) is 5.92 Å². The molecule has 0 spiro atoms. The van der Waals surface area contributed by atoms with Crippen molar-refractivity contribution in [3.05, 3.63) is 24.0 Å². The first-order valence-corrected chi connectivity index (χ1v) is 6.26. The summed E-state index contributed by atoms with van der Waals surface area (Å²) < 4.78 is 11.1. The van der Waals surface area contributed by atoms with Gasteiger partial charge in [-0.05, 0) is 25.8 Å². The van der Waals surface area contributed by atoms with E-state index < -0.39 is 0 Å². The van der Waals surface area contributed by atoms with E-state index in [9.17, 15) is 4.79 Å². The molecule has 0 aromatic rings. The number of hydrogen-bond donors (Lipinski definition) is 0. The van der Waals surface area contributed by atoms with Gasteiger partial charge in [0.2, 0.25) is 0 Å². The molecule has 1 atom stereocenters. The molecule has 3 nitrogen and oxygen atoms in total. The van der Waals surface area contributed by atoms with Gasteiger partial charge in [-0.2, -0.15) is 0 Å². The van der Waals surface area contributed by atoms with E-state index in [1.165, 1.54) is 0 Å². The Morgan fingerprint density at radius 3 is 2.82 bits per heavy atom. The second-order valence-corrected chi connectivity index (χ2v) is 4.55. The van der Waals surface area contributed by atoms with Crippen molar-refractivity contribution in [3.63, 3.8) is 0 Å². The van der Waals surface area contributed by atoms with E-state index in [0.29, 0.717) is 12.4 Å². The molecule has 1 heterocycles. The highest BCUT2D eigenvalue weighted by molar-refractivity contribution is 5.91. The van der Waals surface area contributed by atoms with Crippen molar-refractivity contribution in [3.8, 4) is 0 Å². The third kappa shape index (κ3) is 5.18. The lowest BCUT2D eigenvalue weighted by Crippen LogP contribution is -2.14. The zero-order chi connectivity index (χ0) is 12.7. The van der Waals surface area contributed by atoms with Crippen LogP contribution in [0.3, 0.4) is 0 Å². The summed E-state index contributed by atoms with van der Waals surface area (Å²) in [6, 6.07) is 0. The van der Waals surface area contributed by atoms with Gasteiger partial charge in [0, 0.05) is 18.6 Å². The smallest absolute Gasteiger partial charge is 0.161 e. The molecule has 17 heavy (non-hydrogen) atoms. The van der Waals surface area contributed by atoms with Crippen LogP contribution < -0.4 is 0 Å². The summed E-state index contributed by atoms with van der Waals surface area (Å²) in [5.41, 5.74) is 0. The van der Waals surface area contributed by atoms with Gasteiger partial charge in [-0.15, -0.1) is 0 Å². The molecule has 0 radical (unpaired) electrons. The van der Waals surface area contributed by atoms with E-state index in [1.807, 2.05) is 32.9 Å². The lowest BCUT2D eigenvalue weighted by molar-refractivity contribution is -0.117. The van der Waals surface area contributed by atoms with Crippen molar-refractivity contribution in [2.45, 2.75) is 39.7 Å². The van der Waals surface area contributed by atoms with Crippen LogP contribution in [0.15, 0.2) is 24.0 Å². The Bertz CT molecular complexity index is 297. The van der Waals surface area contributed by atoms with E-state index in [4.69, 9.17) is 9.47 Å². The minimum Gasteiger partial charge on any atom is -0.491 e. The molecule has 0 aromatic carbocycles. The van der Waals surface area contributed by atoms with Crippen molar-refractivity contribution < 1.29 is 14.3 Å². The summed E-state index contributed by atoms with van der Waals surface area (Å²) in [7, 11) is 0. The van der Waals surface area contributed by atoms with Crippen molar-refractivity contribution in [1.29, 1.82) is 0 Å². The minimum atomic E-state index is 0.00147. The number of allylic oxidation sites excluding steroid dienone is 3. The molecule has 96 valence electrons. The van der Waals surface area contributed by atoms with Gasteiger partial charge >= 0.3 is 0 Å². The molecule has 0 N–H and O–H groups in total. The lowest BCUT2D eigenvalue weighted by Gasteiger charge is -2.12. The molecule has 0 saturated carbocycles. The molecule has 1 saturated heterocycles. The Kier molecular flexibility index (Phi) is 5.98. The number of carbonyl (C=O) groups excluding carboxylic acids is 1. The van der Waals surface area contributed by atoms with E-state index in [0.717, 1.165) is 19.4 Å². The summed E-state index contributed by atoms with van der Waals surface area (Å²) in [5, 5.41) is 0. The Morgan fingerprint density at radius 1 is 1.53 bits per heavy atom. The van der Waals surface area contributed by atoms with Crippen LogP contribution in [0.5, 0.6) is 0 Å². The van der Waals surface area contributed by atoms with Gasteiger partial charge < -0.3 is 9.47 Å². The molecule has 0 aliphatic carbocycles. The summed E-state index contributed by atoms with van der Waals surface area (Å²) in [5.74, 6) is 0.716. The third-order valence-electron chi connectivity index (χ3n) is 2.64. The Balaban J connectivity index is 2.50. The van der Waals surface area contributed by atoms with E-state index in [2.05, 4.69) is 0 Å². The predicted octanol–water partition coefficient (Wildman–Crippen LogP) is 2.87. The molecular formula is C14H22O3. The minimum absolute atomic E-state index is 0.00147. The van der Waals surface area contributed by atoms with Crippen LogP contribution in [0.2, 0.25) is 0 Å². The standard InChI is InChI=1S/C14H22O3/c1-4-6-12(9-14(15)11(2)3)17-10-13-7-5-8-16-13/h4,6,9,11,13H,5,7-8,10H2,1-3H3/b6-4-,12-9+. The van der Waals surface area contributed by atoms with Gasteiger partial charge in [0.1, 0.15) is 12.4 Å². The van der Waals surface area contributed by atoms with Crippen molar-refractivity contribution in [2.24, 2.45) is 5.92 Å². The van der Waals surface area contributed by atoms with Gasteiger partial charge in [-0.25, -0.2) is 0 Å². The average molecular weight is 238 g/mol. The fraction of sp³-hybridized carbons (Fsp3) is 0.643. The largest absolute Gasteiger partial charge is 0.491 e. The van der Waals surface area contributed by atoms with Crippen molar-refractivity contribution in [1.82, 2.24) is 0 Å². The maximum Gasteiger partial charge on any atom is 0.161 e. The molecule has 0 amide bonds. The summed E-state index contributed by atoms with van der Waals surface area (Å²) >= 11 is 0. The molecule has 1 rings (SSSR count). The quantitative estimate of drug-likeness (QED) is 0.405. The van der Waals surface area contributed by atoms with Crippen LogP contribution in [0.25, 0.3) is 0 Å². The van der Waals surface area contributed by atoms with E-state index in [-0.39, 0.29) is 17.8 Å². The Morgan fingerprint density at radius 2 is 2.29 bits per heavy atom. The maximum absolute atomic E-state index is 11.6. The first kappa shape index (κ1) is 14.0. The normalized spacial score (nSPS) is 21.4.